The van der Waals surface area contributed by atoms with Gasteiger partial charge in [-0.25, -0.2) is 18.2 Å². The van der Waals surface area contributed by atoms with E-state index in [1.807, 2.05) is 24.6 Å². The summed E-state index contributed by atoms with van der Waals surface area (Å²) < 4.78 is 50.2. The summed E-state index contributed by atoms with van der Waals surface area (Å²) in [6.45, 7) is 3.22. The molecule has 1 fully saturated rings. The first-order chi connectivity index (χ1) is 19.8. The lowest BCUT2D eigenvalue weighted by Crippen LogP contribution is -2.48. The number of pyridine rings is 2. The highest BCUT2D eigenvalue weighted by Gasteiger charge is 2.48. The maximum atomic E-state index is 15.8. The second kappa shape index (κ2) is 10.9. The van der Waals surface area contributed by atoms with Crippen LogP contribution >= 0.6 is 0 Å². The average molecular weight is 581 g/mol. The van der Waals surface area contributed by atoms with E-state index in [9.17, 15) is 9.59 Å². The zero-order valence-electron chi connectivity index (χ0n) is 24.6. The van der Waals surface area contributed by atoms with Gasteiger partial charge in [0.15, 0.2) is 0 Å². The van der Waals surface area contributed by atoms with Gasteiger partial charge in [-0.2, -0.15) is 0 Å². The molecule has 1 aliphatic heterocycles. The number of amides is 1. The summed E-state index contributed by atoms with van der Waals surface area (Å²) in [5.41, 5.74) is 2.98. The number of carbonyl (C=O) groups is 1. The molecule has 0 bridgehead atoms. The third-order valence-corrected chi connectivity index (χ3v) is 8.35. The summed E-state index contributed by atoms with van der Waals surface area (Å²) in [6, 6.07) is 9.10. The molecule has 1 N–H and O–H groups in total. The van der Waals surface area contributed by atoms with Crippen molar-refractivity contribution in [3.63, 3.8) is 0 Å². The van der Waals surface area contributed by atoms with Crippen molar-refractivity contribution in [2.24, 2.45) is 7.05 Å². The molecule has 1 aliphatic rings. The number of alkyl halides is 2. The lowest BCUT2D eigenvalue weighted by Gasteiger charge is -2.42. The molecule has 11 heteroatoms. The lowest BCUT2D eigenvalue weighted by molar-refractivity contribution is -0.0931. The maximum Gasteiger partial charge on any atom is 0.267 e. The number of halogens is 3. The molecule has 1 saturated heterocycles. The van der Waals surface area contributed by atoms with Gasteiger partial charge < -0.3 is 14.8 Å². The van der Waals surface area contributed by atoms with E-state index in [4.69, 9.17) is 0 Å². The Balaban J connectivity index is 1.44. The molecule has 0 radical (unpaired) electrons. The number of nitrogens with one attached hydrogen (secondary N) is 1. The van der Waals surface area contributed by atoms with Gasteiger partial charge in [-0.05, 0) is 68.3 Å². The van der Waals surface area contributed by atoms with Gasteiger partial charge in [0.2, 0.25) is 0 Å². The molecule has 0 aliphatic carbocycles. The molecule has 2 atom stereocenters. The van der Waals surface area contributed by atoms with Crippen LogP contribution in [0.3, 0.4) is 0 Å². The van der Waals surface area contributed by atoms with Crippen LogP contribution in [0.5, 0.6) is 0 Å². The summed E-state index contributed by atoms with van der Waals surface area (Å²) in [7, 11) is 6.69. The molecule has 1 aromatic carbocycles. The molecule has 1 amide bonds. The predicted molar refractivity (Wildman–Crippen MR) is 157 cm³/mol. The fourth-order valence-corrected chi connectivity index (χ4v) is 6.09. The van der Waals surface area contributed by atoms with Gasteiger partial charge >= 0.3 is 0 Å². The minimum Gasteiger partial charge on any atom is -0.388 e. The fraction of sp³-hybridized carbons (Fsp3) is 0.387. The van der Waals surface area contributed by atoms with Gasteiger partial charge in [-0.15, -0.1) is 0 Å². The van der Waals surface area contributed by atoms with Gasteiger partial charge in [0.1, 0.15) is 11.5 Å². The van der Waals surface area contributed by atoms with Crippen LogP contribution in [-0.4, -0.2) is 70.0 Å². The Morgan fingerprint density at radius 2 is 1.93 bits per heavy atom. The minimum absolute atomic E-state index is 0.0317. The first kappa shape index (κ1) is 29.4. The topological polar surface area (TPSA) is 75.4 Å². The van der Waals surface area contributed by atoms with Crippen molar-refractivity contribution >= 4 is 22.6 Å². The number of piperidine rings is 1. The largest absolute Gasteiger partial charge is 0.388 e. The number of aromatic nitrogens is 3. The number of anilines is 1. The first-order valence-electron chi connectivity index (χ1n) is 13.8. The van der Waals surface area contributed by atoms with E-state index in [1.54, 1.807) is 57.5 Å². The minimum atomic E-state index is -3.21. The van der Waals surface area contributed by atoms with E-state index >= 15 is 13.2 Å². The summed E-state index contributed by atoms with van der Waals surface area (Å²) in [5, 5.41) is 3.68. The van der Waals surface area contributed by atoms with E-state index in [-0.39, 0.29) is 29.0 Å². The van der Waals surface area contributed by atoms with Crippen LogP contribution in [0.4, 0.5) is 18.9 Å². The Kier molecular flexibility index (Phi) is 7.65. The summed E-state index contributed by atoms with van der Waals surface area (Å²) >= 11 is 0. The molecule has 222 valence electrons. The van der Waals surface area contributed by atoms with Crippen LogP contribution in [0.2, 0.25) is 0 Å². The number of aryl methyl sites for hydroxylation is 2. The monoisotopic (exact) mass is 580 g/mol. The average Bonchev–Trinajstić information content (AvgIpc) is 3.28. The molecular formula is C31H35F3N6O2. The summed E-state index contributed by atoms with van der Waals surface area (Å²) in [4.78, 5) is 32.7. The number of fused-ring (bicyclic) bond motifs is 1. The molecule has 0 spiro atoms. The molecule has 0 saturated carbocycles. The number of carbonyl (C=O) groups excluding carboxylic acids is 1. The van der Waals surface area contributed by atoms with Crippen LogP contribution in [0.1, 0.15) is 52.5 Å². The third kappa shape index (κ3) is 5.06. The van der Waals surface area contributed by atoms with Crippen molar-refractivity contribution in [2.75, 3.05) is 39.5 Å². The zero-order chi connectivity index (χ0) is 30.5. The molecule has 42 heavy (non-hydrogen) atoms. The van der Waals surface area contributed by atoms with E-state index in [0.717, 1.165) is 17.1 Å². The Labute approximate surface area is 242 Å². The van der Waals surface area contributed by atoms with Crippen molar-refractivity contribution in [3.05, 3.63) is 87.3 Å². The number of hydrogen-bond acceptors (Lipinski definition) is 5. The quantitative estimate of drug-likeness (QED) is 0.344. The van der Waals surface area contributed by atoms with Gasteiger partial charge in [-0.1, -0.05) is 0 Å². The first-order valence-corrected chi connectivity index (χ1v) is 13.8. The van der Waals surface area contributed by atoms with Gasteiger partial charge in [0, 0.05) is 75.0 Å². The maximum absolute atomic E-state index is 15.8. The molecule has 4 heterocycles. The highest BCUT2D eigenvalue weighted by molar-refractivity contribution is 5.94. The number of likely N-dealkylation sites (tertiary alicyclic amines) is 1. The van der Waals surface area contributed by atoms with Crippen LogP contribution in [0, 0.1) is 12.7 Å². The number of benzene rings is 1. The van der Waals surface area contributed by atoms with Crippen molar-refractivity contribution in [3.8, 4) is 5.69 Å². The van der Waals surface area contributed by atoms with Crippen LogP contribution < -0.4 is 10.9 Å². The van der Waals surface area contributed by atoms with E-state index in [2.05, 4.69) is 10.3 Å². The zero-order valence-corrected chi connectivity index (χ0v) is 24.6. The molecule has 4 aromatic rings. The second-order valence-corrected chi connectivity index (χ2v) is 11.2. The Morgan fingerprint density at radius 1 is 1.19 bits per heavy atom. The number of nitrogens with zero attached hydrogens (tertiary/aromatic N) is 5. The summed E-state index contributed by atoms with van der Waals surface area (Å²) in [5.74, 6) is -5.68. The molecule has 0 unspecified atom stereocenters. The smallest absolute Gasteiger partial charge is 0.267 e. The van der Waals surface area contributed by atoms with Crippen LogP contribution in [0.25, 0.3) is 16.7 Å². The standard InChI is InChI=1S/C31H35F3N6O2/c1-18-13-20(30(42)37(4)5)14-24(32)28(18)23-9-11-39(17-31(23,33)34)19(2)26-16-22-25(7-10-36-29(22)38(26)6)40-12-8-21(35-3)15-27(40)41/h7-8,10,12-16,19,23,35H,9,11,17H2,1-6H3/t19-,23-/m0/s1. The summed E-state index contributed by atoms with van der Waals surface area (Å²) in [6.07, 6.45) is 3.36. The molecular weight excluding hydrogens is 545 g/mol. The lowest BCUT2D eigenvalue weighted by atomic mass is 9.82. The predicted octanol–water partition coefficient (Wildman–Crippen LogP) is 5.10. The Morgan fingerprint density at radius 3 is 2.55 bits per heavy atom. The third-order valence-electron chi connectivity index (χ3n) is 8.35. The van der Waals surface area contributed by atoms with Crippen molar-refractivity contribution < 1.29 is 18.0 Å². The number of rotatable bonds is 6. The number of hydrogen-bond donors (Lipinski definition) is 1. The van der Waals surface area contributed by atoms with Crippen LogP contribution in [0.15, 0.2) is 53.6 Å². The van der Waals surface area contributed by atoms with E-state index in [0.29, 0.717) is 29.1 Å². The van der Waals surface area contributed by atoms with Crippen molar-refractivity contribution in [1.29, 1.82) is 0 Å². The highest BCUT2D eigenvalue weighted by atomic mass is 19.3. The molecule has 5 rings (SSSR count). The van der Waals surface area contributed by atoms with Crippen molar-refractivity contribution in [2.45, 2.75) is 38.2 Å². The van der Waals surface area contributed by atoms with Gasteiger partial charge in [0.25, 0.3) is 17.4 Å². The molecule has 8 nitrogen and oxygen atoms in total. The normalized spacial score (nSPS) is 17.8. The molecule has 3 aromatic heterocycles. The van der Waals surface area contributed by atoms with Crippen molar-refractivity contribution in [1.82, 2.24) is 23.9 Å². The van der Waals surface area contributed by atoms with E-state index < -0.39 is 30.2 Å². The van der Waals surface area contributed by atoms with E-state index in [1.165, 1.54) is 21.6 Å². The Bertz CT molecular complexity index is 1700. The second-order valence-electron chi connectivity index (χ2n) is 11.2. The SMILES string of the molecule is CNc1ccn(-c2ccnc3c2cc([C@H](C)N2CC[C@@H](c4c(C)cc(C(=O)N(C)C)cc4F)C(F)(F)C2)n3C)c(=O)c1. The van der Waals surface area contributed by atoms with Gasteiger partial charge in [-0.3, -0.25) is 19.1 Å². The van der Waals surface area contributed by atoms with Crippen LogP contribution in [-0.2, 0) is 7.05 Å². The van der Waals surface area contributed by atoms with Gasteiger partial charge in [0.05, 0.1) is 18.2 Å². The Hall–Kier alpha value is -4.12. The fourth-order valence-electron chi connectivity index (χ4n) is 6.09. The highest BCUT2D eigenvalue weighted by Crippen LogP contribution is 2.45.